The van der Waals surface area contributed by atoms with Gasteiger partial charge in [-0.3, -0.25) is 24.3 Å². The zero-order valence-corrected chi connectivity index (χ0v) is 44.9. The van der Waals surface area contributed by atoms with Crippen LogP contribution in [0.25, 0.3) is 10.9 Å². The fourth-order valence-corrected chi connectivity index (χ4v) is 12.2. The molecule has 3 amide bonds. The maximum atomic E-state index is 14.6. The number of likely N-dealkylation sites (N-methyl/N-ethyl adjacent to an activating group) is 1. The number of nitrogens with zero attached hydrogens (tertiary/aromatic N) is 9. The van der Waals surface area contributed by atoms with Gasteiger partial charge in [-0.2, -0.15) is 5.10 Å². The SMILES string of the molecule is CNC(=C[C@@H](C(=O)N1CCC[C@H]1c1nc(C(=O)c2ccc(F)cc2)cs1)C1CCN(C(=O)c2cnc(N3CCC(COc4cc5ncnc(Nc6n[nH]c(C)c6C)c5cc4S(=O)(=O)C(C)(C)C)CC3)nc2)CC1)C(N)=O. The van der Waals surface area contributed by atoms with Gasteiger partial charge in [-0.05, 0) is 121 Å². The molecule has 4 aromatic heterocycles. The van der Waals surface area contributed by atoms with E-state index in [0.717, 1.165) is 30.5 Å². The molecule has 3 aliphatic rings. The van der Waals surface area contributed by atoms with Gasteiger partial charge in [0.1, 0.15) is 39.3 Å². The topological polar surface area (TPSA) is 265 Å². The standard InChI is InChI=1S/C53H62FN13O7S2/c1-30-31(2)63-64-47(30)62-48-38-23-44(76(72,73)53(3,4)5)43(24-39(38)59-29-60-48)74-27-32-13-18-66(19-14-32)52-57-25-35(26-58-52)50(70)65-20-15-33(16-21-65)37(22-40(56-6)46(55)69)51(71)67-17-7-8-42(67)49-61-41(28-75-49)45(68)34-9-11-36(54)12-10-34/h9-12,22-26,28-29,32-33,37,42,56H,7-8,13-21,27H2,1-6H3,(H2,55,69)(H2,59,60,62,63,64)/t37-,42+/m1/s1. The van der Waals surface area contributed by atoms with E-state index in [2.05, 4.69) is 50.7 Å². The summed E-state index contributed by atoms with van der Waals surface area (Å²) in [5, 5.41) is 16.1. The van der Waals surface area contributed by atoms with E-state index in [4.69, 9.17) is 10.5 Å². The van der Waals surface area contributed by atoms with Crippen LogP contribution in [-0.2, 0) is 19.4 Å². The van der Waals surface area contributed by atoms with Gasteiger partial charge < -0.3 is 35.8 Å². The van der Waals surface area contributed by atoms with Crippen LogP contribution in [0, 0.1) is 37.4 Å². The Bertz CT molecular complexity index is 3290. The number of aryl methyl sites for hydroxylation is 1. The van der Waals surface area contributed by atoms with E-state index in [0.29, 0.717) is 96.6 Å². The molecule has 76 heavy (non-hydrogen) atoms. The molecule has 9 rings (SSSR count). The van der Waals surface area contributed by atoms with Crippen molar-refractivity contribution in [1.29, 1.82) is 0 Å². The lowest BCUT2D eigenvalue weighted by Gasteiger charge is -2.37. The minimum atomic E-state index is -3.87. The Balaban J connectivity index is 0.812. The molecule has 0 aliphatic carbocycles. The lowest BCUT2D eigenvalue weighted by atomic mass is 9.82. The van der Waals surface area contributed by atoms with Gasteiger partial charge in [0.05, 0.1) is 40.1 Å². The zero-order valence-electron chi connectivity index (χ0n) is 43.3. The average Bonchev–Trinajstić information content (AvgIpc) is 4.22. The number of primary amides is 1. The summed E-state index contributed by atoms with van der Waals surface area (Å²) < 4.78 is 46.9. The number of nitrogens with two attached hydrogens (primary N) is 1. The van der Waals surface area contributed by atoms with Crippen molar-refractivity contribution in [3.63, 3.8) is 0 Å². The molecule has 3 fully saturated rings. The van der Waals surface area contributed by atoms with Gasteiger partial charge in [0.15, 0.2) is 15.7 Å². The Hall–Kier alpha value is -7.40. The maximum absolute atomic E-state index is 14.6. The smallest absolute Gasteiger partial charge is 0.264 e. The molecule has 7 heterocycles. The molecule has 23 heteroatoms. The summed E-state index contributed by atoms with van der Waals surface area (Å²) in [7, 11) is -2.30. The Morgan fingerprint density at radius 3 is 2.29 bits per heavy atom. The van der Waals surface area contributed by atoms with Gasteiger partial charge in [-0.1, -0.05) is 0 Å². The molecule has 6 aromatic rings. The molecule has 5 N–H and O–H groups in total. The first-order valence-electron chi connectivity index (χ1n) is 25.4. The first kappa shape index (κ1) is 53.4. The molecule has 2 atom stereocenters. The van der Waals surface area contributed by atoms with Gasteiger partial charge in [0.2, 0.25) is 17.6 Å². The van der Waals surface area contributed by atoms with Crippen molar-refractivity contribution in [3.8, 4) is 5.75 Å². The van der Waals surface area contributed by atoms with Crippen LogP contribution in [0.2, 0.25) is 0 Å². The first-order chi connectivity index (χ1) is 36.3. The molecule has 0 radical (unpaired) electrons. The Morgan fingerprint density at radius 2 is 1.64 bits per heavy atom. The van der Waals surface area contributed by atoms with Crippen LogP contribution < -0.4 is 26.0 Å². The van der Waals surface area contributed by atoms with Crippen LogP contribution in [0.3, 0.4) is 0 Å². The third-order valence-corrected chi connectivity index (χ3v) is 18.2. The molecule has 3 aliphatic heterocycles. The Labute approximate surface area is 444 Å². The minimum absolute atomic E-state index is 0.0566. The number of rotatable bonds is 16. The fourth-order valence-electron chi connectivity index (χ4n) is 9.93. The Morgan fingerprint density at radius 1 is 0.934 bits per heavy atom. The lowest BCUT2D eigenvalue weighted by Crippen LogP contribution is -2.44. The van der Waals surface area contributed by atoms with E-state index < -0.39 is 32.2 Å². The predicted octanol–water partition coefficient (Wildman–Crippen LogP) is 6.62. The number of carbonyl (C=O) groups is 4. The van der Waals surface area contributed by atoms with Crippen molar-refractivity contribution in [3.05, 3.63) is 111 Å². The minimum Gasteiger partial charge on any atom is -0.492 e. The molecule has 400 valence electrons. The number of amides is 3. The number of hydrogen-bond donors (Lipinski definition) is 4. The quantitative estimate of drug-likeness (QED) is 0.0586. The summed E-state index contributed by atoms with van der Waals surface area (Å²) in [6, 6.07) is 8.14. The number of ether oxygens (including phenoxy) is 1. The molecule has 0 unspecified atom stereocenters. The number of nitrogens with one attached hydrogen (secondary N) is 3. The van der Waals surface area contributed by atoms with E-state index in [1.807, 2.05) is 13.8 Å². The van der Waals surface area contributed by atoms with E-state index in [-0.39, 0.29) is 64.1 Å². The molecule has 3 saturated heterocycles. The number of likely N-dealkylation sites (tertiary alicyclic amines) is 2. The average molecular weight is 1080 g/mol. The second kappa shape index (κ2) is 22.1. The van der Waals surface area contributed by atoms with Gasteiger partial charge in [0, 0.05) is 85.8 Å². The normalized spacial score (nSPS) is 17.5. The van der Waals surface area contributed by atoms with Gasteiger partial charge in [-0.15, -0.1) is 11.3 Å². The van der Waals surface area contributed by atoms with Crippen molar-refractivity contribution >= 4 is 73.2 Å². The number of carbonyl (C=O) groups excluding carboxylic acids is 4. The number of thiazole rings is 1. The van der Waals surface area contributed by atoms with Crippen LogP contribution in [0.15, 0.2) is 77.2 Å². The van der Waals surface area contributed by atoms with Crippen LogP contribution in [0.4, 0.5) is 22.0 Å². The van der Waals surface area contributed by atoms with Crippen molar-refractivity contribution in [1.82, 2.24) is 50.2 Å². The number of fused-ring (bicyclic) bond motifs is 1. The third kappa shape index (κ3) is 11.1. The number of piperidine rings is 2. The number of halogens is 1. The molecule has 0 saturated carbocycles. The van der Waals surface area contributed by atoms with E-state index in [1.54, 1.807) is 61.2 Å². The highest BCUT2D eigenvalue weighted by Gasteiger charge is 2.40. The second-order valence-electron chi connectivity index (χ2n) is 20.6. The summed E-state index contributed by atoms with van der Waals surface area (Å²) in [5.74, 6) is -1.05. The van der Waals surface area contributed by atoms with Gasteiger partial charge in [-0.25, -0.2) is 37.7 Å². The van der Waals surface area contributed by atoms with Crippen molar-refractivity contribution in [2.45, 2.75) is 88.8 Å². The molecule has 2 aromatic carbocycles. The lowest BCUT2D eigenvalue weighted by molar-refractivity contribution is -0.137. The summed E-state index contributed by atoms with van der Waals surface area (Å²) >= 11 is 1.29. The van der Waals surface area contributed by atoms with Crippen LogP contribution in [0.1, 0.15) is 108 Å². The molecule has 0 spiro atoms. The van der Waals surface area contributed by atoms with E-state index in [9.17, 15) is 32.0 Å². The fraction of sp³-hybridized carbons (Fsp3) is 0.434. The first-order valence-corrected chi connectivity index (χ1v) is 27.7. The monoisotopic (exact) mass is 1080 g/mol. The summed E-state index contributed by atoms with van der Waals surface area (Å²) in [6.07, 6.45) is 9.86. The van der Waals surface area contributed by atoms with Crippen LogP contribution >= 0.6 is 11.3 Å². The van der Waals surface area contributed by atoms with Gasteiger partial charge in [0.25, 0.3) is 11.8 Å². The van der Waals surface area contributed by atoms with Crippen LogP contribution in [-0.4, -0.2) is 128 Å². The van der Waals surface area contributed by atoms with Crippen molar-refractivity contribution < 1.29 is 36.7 Å². The number of hydrogen-bond acceptors (Lipinski definition) is 17. The largest absolute Gasteiger partial charge is 0.492 e. The second-order valence-corrected chi connectivity index (χ2v) is 24.1. The number of anilines is 3. The molecule has 0 bridgehead atoms. The highest BCUT2D eigenvalue weighted by molar-refractivity contribution is 7.92. The number of aromatic amines is 1. The highest BCUT2D eigenvalue weighted by Crippen LogP contribution is 2.40. The van der Waals surface area contributed by atoms with Gasteiger partial charge >= 0.3 is 0 Å². The molecule has 20 nitrogen and oxygen atoms in total. The van der Waals surface area contributed by atoms with E-state index in [1.165, 1.54) is 54.3 Å². The number of ketones is 1. The number of benzene rings is 2. The number of sulfone groups is 1. The Kier molecular flexibility index (Phi) is 15.5. The van der Waals surface area contributed by atoms with Crippen molar-refractivity contribution in [2.75, 3.05) is 56.6 Å². The summed E-state index contributed by atoms with van der Waals surface area (Å²) in [5.41, 5.74) is 9.02. The summed E-state index contributed by atoms with van der Waals surface area (Å²) in [6.45, 7) is 11.5. The molecular weight excluding hydrogens is 1010 g/mol. The highest BCUT2D eigenvalue weighted by atomic mass is 32.2. The number of H-pyrrole nitrogens is 1. The maximum Gasteiger partial charge on any atom is 0.264 e. The number of aromatic nitrogens is 7. The van der Waals surface area contributed by atoms with Crippen LogP contribution in [0.5, 0.6) is 5.75 Å². The zero-order chi connectivity index (χ0) is 54.1. The third-order valence-electron chi connectivity index (χ3n) is 14.7. The predicted molar refractivity (Wildman–Crippen MR) is 284 cm³/mol. The van der Waals surface area contributed by atoms with Crippen molar-refractivity contribution in [2.24, 2.45) is 23.5 Å². The van der Waals surface area contributed by atoms with E-state index >= 15 is 0 Å². The molecular formula is C53H62FN13O7S2. The summed E-state index contributed by atoms with van der Waals surface area (Å²) in [4.78, 5) is 82.5.